The van der Waals surface area contributed by atoms with Gasteiger partial charge in [0, 0.05) is 43.3 Å². The standard InChI is InChI=1S/C27H25F2N3O3S/c28-21-7-5-6-20(16-21)19-36(34,35)26-17-32(24-10-3-1-8-22(24)26)18-27(33)31-14-12-30(13-15-31)25-11-4-2-9-23(25)29/h1-11,16-17H,12-15,18-19H2. The van der Waals surface area contributed by atoms with Crippen molar-refractivity contribution in [1.29, 1.82) is 0 Å². The molecule has 4 aromatic rings. The Morgan fingerprint density at radius 1 is 0.861 bits per heavy atom. The van der Waals surface area contributed by atoms with E-state index < -0.39 is 15.7 Å². The van der Waals surface area contributed by atoms with Crippen LogP contribution in [0.1, 0.15) is 5.56 Å². The number of amides is 1. The highest BCUT2D eigenvalue weighted by atomic mass is 32.2. The maximum absolute atomic E-state index is 14.1. The van der Waals surface area contributed by atoms with Crippen molar-refractivity contribution in [2.45, 2.75) is 17.2 Å². The molecule has 1 aromatic heterocycles. The molecule has 1 amide bonds. The van der Waals surface area contributed by atoms with Crippen LogP contribution in [-0.2, 0) is 26.9 Å². The van der Waals surface area contributed by atoms with Gasteiger partial charge in [-0.2, -0.15) is 0 Å². The minimum Gasteiger partial charge on any atom is -0.366 e. The van der Waals surface area contributed by atoms with Crippen LogP contribution in [0, 0.1) is 11.6 Å². The van der Waals surface area contributed by atoms with Gasteiger partial charge < -0.3 is 14.4 Å². The van der Waals surface area contributed by atoms with Gasteiger partial charge in [-0.05, 0) is 35.9 Å². The molecule has 1 aliphatic heterocycles. The van der Waals surface area contributed by atoms with Gasteiger partial charge in [-0.25, -0.2) is 17.2 Å². The minimum atomic E-state index is -3.79. The molecule has 36 heavy (non-hydrogen) atoms. The van der Waals surface area contributed by atoms with Gasteiger partial charge in [-0.1, -0.05) is 42.5 Å². The van der Waals surface area contributed by atoms with Gasteiger partial charge in [-0.15, -0.1) is 0 Å². The average Bonchev–Trinajstić information content (AvgIpc) is 3.24. The second kappa shape index (κ2) is 9.73. The van der Waals surface area contributed by atoms with Crippen molar-refractivity contribution in [3.63, 3.8) is 0 Å². The Morgan fingerprint density at radius 3 is 2.33 bits per heavy atom. The molecule has 0 unspecified atom stereocenters. The number of piperazine rings is 1. The summed E-state index contributed by atoms with van der Waals surface area (Å²) in [5.74, 6) is -1.27. The largest absolute Gasteiger partial charge is 0.366 e. The number of fused-ring (bicyclic) bond motifs is 1. The molecule has 0 radical (unpaired) electrons. The SMILES string of the molecule is O=C(Cn1cc(S(=O)(=O)Cc2cccc(F)c2)c2ccccc21)N1CCN(c2ccccc2F)CC1. The van der Waals surface area contributed by atoms with Gasteiger partial charge in [0.05, 0.1) is 16.3 Å². The third-order valence-corrected chi connectivity index (χ3v) is 8.17. The normalized spacial score (nSPS) is 14.4. The van der Waals surface area contributed by atoms with Gasteiger partial charge >= 0.3 is 0 Å². The van der Waals surface area contributed by atoms with Crippen molar-refractivity contribution >= 4 is 32.3 Å². The highest BCUT2D eigenvalue weighted by Gasteiger charge is 2.26. The van der Waals surface area contributed by atoms with Crippen LogP contribution in [-0.4, -0.2) is 50.0 Å². The van der Waals surface area contributed by atoms with Gasteiger partial charge in [0.25, 0.3) is 0 Å². The van der Waals surface area contributed by atoms with Crippen LogP contribution < -0.4 is 4.90 Å². The van der Waals surface area contributed by atoms with Gasteiger partial charge in [0.15, 0.2) is 9.84 Å². The maximum Gasteiger partial charge on any atom is 0.242 e. The van der Waals surface area contributed by atoms with E-state index in [1.165, 1.54) is 30.5 Å². The summed E-state index contributed by atoms with van der Waals surface area (Å²) in [6, 6.07) is 19.1. The molecule has 5 rings (SSSR count). The molecule has 0 saturated carbocycles. The fourth-order valence-electron chi connectivity index (χ4n) is 4.67. The summed E-state index contributed by atoms with van der Waals surface area (Å²) in [4.78, 5) is 16.9. The summed E-state index contributed by atoms with van der Waals surface area (Å²) < 4.78 is 55.9. The highest BCUT2D eigenvalue weighted by Crippen LogP contribution is 2.28. The second-order valence-electron chi connectivity index (χ2n) is 8.85. The van der Waals surface area contributed by atoms with Crippen molar-refractivity contribution in [2.75, 3.05) is 31.1 Å². The summed E-state index contributed by atoms with van der Waals surface area (Å²) in [7, 11) is -3.79. The average molecular weight is 510 g/mol. The molecule has 0 bridgehead atoms. The quantitative estimate of drug-likeness (QED) is 0.390. The van der Waals surface area contributed by atoms with Crippen molar-refractivity contribution < 1.29 is 22.0 Å². The maximum atomic E-state index is 14.1. The summed E-state index contributed by atoms with van der Waals surface area (Å²) in [5.41, 5.74) is 1.51. The predicted molar refractivity (Wildman–Crippen MR) is 134 cm³/mol. The van der Waals surface area contributed by atoms with E-state index in [0.717, 1.165) is 0 Å². The third kappa shape index (κ3) is 4.83. The van der Waals surface area contributed by atoms with E-state index in [2.05, 4.69) is 0 Å². The Balaban J connectivity index is 1.34. The molecular formula is C27H25F2N3O3S. The molecule has 3 aromatic carbocycles. The zero-order chi connectivity index (χ0) is 25.3. The fourth-order valence-corrected chi connectivity index (χ4v) is 6.24. The van der Waals surface area contributed by atoms with Crippen molar-refractivity contribution in [2.24, 2.45) is 0 Å². The Labute approximate surface area is 208 Å². The van der Waals surface area contributed by atoms with E-state index in [1.54, 1.807) is 58.0 Å². The number of hydrogen-bond donors (Lipinski definition) is 0. The fraction of sp³-hybridized carbons (Fsp3) is 0.222. The van der Waals surface area contributed by atoms with E-state index in [0.29, 0.717) is 48.3 Å². The summed E-state index contributed by atoms with van der Waals surface area (Å²) >= 11 is 0. The Hall–Kier alpha value is -3.72. The van der Waals surface area contributed by atoms with Crippen molar-refractivity contribution in [1.82, 2.24) is 9.47 Å². The Morgan fingerprint density at radius 2 is 1.58 bits per heavy atom. The van der Waals surface area contributed by atoms with Crippen LogP contribution in [0.5, 0.6) is 0 Å². The molecule has 186 valence electrons. The first-order valence-corrected chi connectivity index (χ1v) is 13.3. The minimum absolute atomic E-state index is 0.0182. The van der Waals surface area contributed by atoms with Gasteiger partial charge in [0.1, 0.15) is 18.2 Å². The van der Waals surface area contributed by atoms with E-state index in [4.69, 9.17) is 0 Å². The molecule has 0 aliphatic carbocycles. The number of carbonyl (C=O) groups is 1. The zero-order valence-corrected chi connectivity index (χ0v) is 20.3. The Kier molecular flexibility index (Phi) is 6.49. The topological polar surface area (TPSA) is 62.6 Å². The van der Waals surface area contributed by atoms with Gasteiger partial charge in [-0.3, -0.25) is 4.79 Å². The number of para-hydroxylation sites is 2. The first-order chi connectivity index (χ1) is 17.3. The van der Waals surface area contributed by atoms with Crippen LogP contribution in [0.25, 0.3) is 10.9 Å². The molecule has 2 heterocycles. The van der Waals surface area contributed by atoms with Crippen molar-refractivity contribution in [3.8, 4) is 0 Å². The summed E-state index contributed by atoms with van der Waals surface area (Å²) in [6.07, 6.45) is 1.49. The molecule has 0 atom stereocenters. The van der Waals surface area contributed by atoms with Crippen LogP contribution in [0.3, 0.4) is 0 Å². The van der Waals surface area contributed by atoms with E-state index >= 15 is 0 Å². The van der Waals surface area contributed by atoms with Crippen LogP contribution in [0.2, 0.25) is 0 Å². The molecule has 0 spiro atoms. The van der Waals surface area contributed by atoms with E-state index in [1.807, 2.05) is 4.90 Å². The Bertz CT molecular complexity index is 1530. The number of hydrogen-bond acceptors (Lipinski definition) is 4. The monoisotopic (exact) mass is 509 g/mol. The molecular weight excluding hydrogens is 484 g/mol. The molecule has 0 N–H and O–H groups in total. The first-order valence-electron chi connectivity index (χ1n) is 11.6. The molecule has 6 nitrogen and oxygen atoms in total. The molecule has 1 fully saturated rings. The summed E-state index contributed by atoms with van der Waals surface area (Å²) in [5, 5.41) is 0.520. The lowest BCUT2D eigenvalue weighted by Gasteiger charge is -2.36. The number of aromatic nitrogens is 1. The van der Waals surface area contributed by atoms with Crippen LogP contribution >= 0.6 is 0 Å². The van der Waals surface area contributed by atoms with Gasteiger partial charge in [0.2, 0.25) is 5.91 Å². The smallest absolute Gasteiger partial charge is 0.242 e. The van der Waals surface area contributed by atoms with E-state index in [-0.39, 0.29) is 28.9 Å². The number of anilines is 1. The number of rotatable bonds is 6. The van der Waals surface area contributed by atoms with E-state index in [9.17, 15) is 22.0 Å². The molecule has 1 aliphatic rings. The second-order valence-corrected chi connectivity index (χ2v) is 10.8. The number of benzene rings is 3. The number of halogens is 2. The lowest BCUT2D eigenvalue weighted by atomic mass is 10.2. The van der Waals surface area contributed by atoms with Crippen LogP contribution in [0.15, 0.2) is 83.9 Å². The number of sulfone groups is 1. The predicted octanol–water partition coefficient (Wildman–Crippen LogP) is 4.24. The number of nitrogens with zero attached hydrogens (tertiary/aromatic N) is 3. The number of carbonyl (C=O) groups excluding carboxylic acids is 1. The van der Waals surface area contributed by atoms with Crippen LogP contribution in [0.4, 0.5) is 14.5 Å². The lowest BCUT2D eigenvalue weighted by Crippen LogP contribution is -2.49. The molecule has 9 heteroatoms. The lowest BCUT2D eigenvalue weighted by molar-refractivity contribution is -0.132. The molecule has 1 saturated heterocycles. The first kappa shape index (κ1) is 24.0. The highest BCUT2D eigenvalue weighted by molar-refractivity contribution is 7.90. The summed E-state index contributed by atoms with van der Waals surface area (Å²) in [6.45, 7) is 1.88. The third-order valence-electron chi connectivity index (χ3n) is 6.46. The zero-order valence-electron chi connectivity index (χ0n) is 19.5. The van der Waals surface area contributed by atoms with Crippen molar-refractivity contribution in [3.05, 3.63) is 96.2 Å².